The molecule has 3 heterocycles. The summed E-state index contributed by atoms with van der Waals surface area (Å²) in [7, 11) is 0. The highest BCUT2D eigenvalue weighted by Gasteiger charge is 2.31. The van der Waals surface area contributed by atoms with Crippen LogP contribution in [0, 0.1) is 0 Å². The fourth-order valence-electron chi connectivity index (χ4n) is 3.00. The summed E-state index contributed by atoms with van der Waals surface area (Å²) in [5.41, 5.74) is 0.953. The lowest BCUT2D eigenvalue weighted by molar-refractivity contribution is -0.0778. The fraction of sp³-hybridized carbons (Fsp3) is 0.625. The monoisotopic (exact) mass is 288 g/mol. The van der Waals surface area contributed by atoms with E-state index < -0.39 is 0 Å². The first-order valence-corrected chi connectivity index (χ1v) is 7.86. The average Bonchev–Trinajstić information content (AvgIpc) is 2.91. The zero-order chi connectivity index (χ0) is 14.7. The predicted molar refractivity (Wildman–Crippen MR) is 82.4 cm³/mol. The number of nitrogens with zero attached hydrogens (tertiary/aromatic N) is 3. The molecule has 3 rings (SSSR count). The summed E-state index contributed by atoms with van der Waals surface area (Å²) in [6.45, 7) is 6.20. The SMILES string of the molecule is CCC1(C)CC(NCCc2nnc3ccccn23)CCO1. The van der Waals surface area contributed by atoms with Crippen molar-refractivity contribution < 1.29 is 4.74 Å². The lowest BCUT2D eigenvalue weighted by atomic mass is 9.90. The maximum Gasteiger partial charge on any atom is 0.160 e. The Morgan fingerprint density at radius 1 is 1.43 bits per heavy atom. The summed E-state index contributed by atoms with van der Waals surface area (Å²) in [5, 5.41) is 12.1. The van der Waals surface area contributed by atoms with Crippen molar-refractivity contribution in [2.24, 2.45) is 0 Å². The van der Waals surface area contributed by atoms with Crippen LogP contribution in [0.4, 0.5) is 0 Å². The molecule has 1 aliphatic heterocycles. The molecule has 114 valence electrons. The second-order valence-corrected chi connectivity index (χ2v) is 6.09. The minimum atomic E-state index is 0.0392. The van der Waals surface area contributed by atoms with Gasteiger partial charge in [0, 0.05) is 31.8 Å². The minimum absolute atomic E-state index is 0.0392. The lowest BCUT2D eigenvalue weighted by Crippen LogP contribution is -2.45. The molecule has 5 nitrogen and oxygen atoms in total. The van der Waals surface area contributed by atoms with Crippen LogP contribution in [0.3, 0.4) is 0 Å². The molecular formula is C16H24N4O. The summed E-state index contributed by atoms with van der Waals surface area (Å²) >= 11 is 0. The van der Waals surface area contributed by atoms with E-state index in [0.717, 1.165) is 50.3 Å². The molecule has 0 aromatic carbocycles. The molecule has 0 saturated carbocycles. The van der Waals surface area contributed by atoms with Gasteiger partial charge in [-0.15, -0.1) is 10.2 Å². The Hall–Kier alpha value is -1.46. The summed E-state index contributed by atoms with van der Waals surface area (Å²) in [4.78, 5) is 0. The van der Waals surface area contributed by atoms with Crippen molar-refractivity contribution in [3.63, 3.8) is 0 Å². The van der Waals surface area contributed by atoms with E-state index in [1.807, 2.05) is 24.4 Å². The summed E-state index contributed by atoms with van der Waals surface area (Å²) < 4.78 is 7.95. The van der Waals surface area contributed by atoms with Crippen molar-refractivity contribution in [1.82, 2.24) is 19.9 Å². The fourth-order valence-corrected chi connectivity index (χ4v) is 3.00. The van der Waals surface area contributed by atoms with Crippen LogP contribution < -0.4 is 5.32 Å². The van der Waals surface area contributed by atoms with Crippen LogP contribution in [-0.4, -0.2) is 39.4 Å². The van der Waals surface area contributed by atoms with Gasteiger partial charge in [-0.3, -0.25) is 4.40 Å². The number of rotatable bonds is 5. The summed E-state index contributed by atoms with van der Waals surface area (Å²) in [6, 6.07) is 6.52. The van der Waals surface area contributed by atoms with Gasteiger partial charge in [0.2, 0.25) is 0 Å². The van der Waals surface area contributed by atoms with Crippen molar-refractivity contribution in [2.75, 3.05) is 13.2 Å². The van der Waals surface area contributed by atoms with Gasteiger partial charge in [-0.05, 0) is 38.3 Å². The van der Waals surface area contributed by atoms with E-state index in [1.54, 1.807) is 0 Å². The van der Waals surface area contributed by atoms with E-state index in [1.165, 1.54) is 0 Å². The Morgan fingerprint density at radius 3 is 3.19 bits per heavy atom. The number of fused-ring (bicyclic) bond motifs is 1. The maximum atomic E-state index is 5.89. The van der Waals surface area contributed by atoms with E-state index in [0.29, 0.717) is 6.04 Å². The van der Waals surface area contributed by atoms with E-state index in [2.05, 4.69) is 33.8 Å². The predicted octanol–water partition coefficient (Wildman–Crippen LogP) is 2.21. The second kappa shape index (κ2) is 6.12. The normalized spacial score (nSPS) is 26.3. The van der Waals surface area contributed by atoms with E-state index >= 15 is 0 Å². The molecule has 1 fully saturated rings. The smallest absolute Gasteiger partial charge is 0.160 e. The largest absolute Gasteiger partial charge is 0.375 e. The number of nitrogens with one attached hydrogen (secondary N) is 1. The summed E-state index contributed by atoms with van der Waals surface area (Å²) in [5.74, 6) is 1.02. The van der Waals surface area contributed by atoms with Crippen molar-refractivity contribution in [2.45, 2.75) is 51.2 Å². The molecule has 0 radical (unpaired) electrons. The highest BCUT2D eigenvalue weighted by Crippen LogP contribution is 2.27. The van der Waals surface area contributed by atoms with Gasteiger partial charge >= 0.3 is 0 Å². The molecule has 2 aromatic rings. The zero-order valence-corrected chi connectivity index (χ0v) is 12.9. The first-order valence-electron chi connectivity index (χ1n) is 7.86. The van der Waals surface area contributed by atoms with Crippen LogP contribution in [-0.2, 0) is 11.2 Å². The molecule has 1 aliphatic rings. The molecule has 0 aliphatic carbocycles. The van der Waals surface area contributed by atoms with Crippen LogP contribution >= 0.6 is 0 Å². The molecule has 2 unspecified atom stereocenters. The summed E-state index contributed by atoms with van der Waals surface area (Å²) in [6.07, 6.45) is 6.17. The van der Waals surface area contributed by atoms with Gasteiger partial charge < -0.3 is 10.1 Å². The van der Waals surface area contributed by atoms with Gasteiger partial charge in [0.1, 0.15) is 5.82 Å². The Bertz CT molecular complexity index is 597. The van der Waals surface area contributed by atoms with Gasteiger partial charge in [0.05, 0.1) is 5.60 Å². The van der Waals surface area contributed by atoms with Crippen molar-refractivity contribution >= 4 is 5.65 Å². The Kier molecular flexibility index (Phi) is 4.22. The topological polar surface area (TPSA) is 51.5 Å². The molecule has 0 spiro atoms. The third-order valence-electron chi connectivity index (χ3n) is 4.51. The first-order chi connectivity index (χ1) is 10.2. The van der Waals surface area contributed by atoms with E-state index in [9.17, 15) is 0 Å². The molecule has 1 saturated heterocycles. The number of aromatic nitrogens is 3. The zero-order valence-electron chi connectivity index (χ0n) is 12.9. The molecule has 5 heteroatoms. The molecule has 0 amide bonds. The number of hydrogen-bond acceptors (Lipinski definition) is 4. The Balaban J connectivity index is 1.54. The van der Waals surface area contributed by atoms with Crippen LogP contribution in [0.25, 0.3) is 5.65 Å². The molecule has 1 N–H and O–H groups in total. The van der Waals surface area contributed by atoms with Crippen molar-refractivity contribution in [3.8, 4) is 0 Å². The van der Waals surface area contributed by atoms with Gasteiger partial charge in [-0.25, -0.2) is 0 Å². The second-order valence-electron chi connectivity index (χ2n) is 6.09. The molecule has 2 aromatic heterocycles. The van der Waals surface area contributed by atoms with Crippen LogP contribution in [0.1, 0.15) is 38.9 Å². The van der Waals surface area contributed by atoms with Crippen LogP contribution in [0.15, 0.2) is 24.4 Å². The van der Waals surface area contributed by atoms with Crippen LogP contribution in [0.2, 0.25) is 0 Å². The average molecular weight is 288 g/mol. The number of pyridine rings is 1. The molecule has 0 bridgehead atoms. The third-order valence-corrected chi connectivity index (χ3v) is 4.51. The van der Waals surface area contributed by atoms with Gasteiger partial charge in [-0.2, -0.15) is 0 Å². The molecule has 2 atom stereocenters. The number of ether oxygens (including phenoxy) is 1. The van der Waals surface area contributed by atoms with Crippen LogP contribution in [0.5, 0.6) is 0 Å². The van der Waals surface area contributed by atoms with Crippen molar-refractivity contribution in [3.05, 3.63) is 30.2 Å². The van der Waals surface area contributed by atoms with Crippen molar-refractivity contribution in [1.29, 1.82) is 0 Å². The Morgan fingerprint density at radius 2 is 2.33 bits per heavy atom. The third kappa shape index (κ3) is 3.24. The standard InChI is InChI=1S/C16H24N4O/c1-3-16(2)12-13(8-11-21-16)17-9-7-15-19-18-14-6-4-5-10-20(14)15/h4-6,10,13,17H,3,7-9,11-12H2,1-2H3. The maximum absolute atomic E-state index is 5.89. The molecule has 21 heavy (non-hydrogen) atoms. The Labute approximate surface area is 125 Å². The van der Waals surface area contributed by atoms with Gasteiger partial charge in [0.25, 0.3) is 0 Å². The highest BCUT2D eigenvalue weighted by atomic mass is 16.5. The first kappa shape index (κ1) is 14.5. The van der Waals surface area contributed by atoms with Gasteiger partial charge in [0.15, 0.2) is 5.65 Å². The highest BCUT2D eigenvalue weighted by molar-refractivity contribution is 5.36. The number of hydrogen-bond donors (Lipinski definition) is 1. The van der Waals surface area contributed by atoms with E-state index in [4.69, 9.17) is 4.74 Å². The quantitative estimate of drug-likeness (QED) is 0.916. The minimum Gasteiger partial charge on any atom is -0.375 e. The lowest BCUT2D eigenvalue weighted by Gasteiger charge is -2.38. The van der Waals surface area contributed by atoms with E-state index in [-0.39, 0.29) is 5.60 Å². The molecular weight excluding hydrogens is 264 g/mol. The van der Waals surface area contributed by atoms with Gasteiger partial charge in [-0.1, -0.05) is 13.0 Å².